The molecule has 0 amide bonds. The lowest BCUT2D eigenvalue weighted by atomic mass is 9.82. The van der Waals surface area contributed by atoms with Crippen LogP contribution in [-0.2, 0) is 34.5 Å². The van der Waals surface area contributed by atoms with Crippen LogP contribution in [0.2, 0.25) is 10.1 Å². The minimum absolute atomic E-state index is 0.0640. The molecule has 5 aromatic carbocycles. The number of carbonyl (C=O) groups excluding carboxylic acids is 1. The number of hydrogen-bond acceptors (Lipinski definition) is 7. The zero-order valence-corrected chi connectivity index (χ0v) is 39.9. The van der Waals surface area contributed by atoms with E-state index >= 15 is 0 Å². The Balaban J connectivity index is 1.26. The second kappa shape index (κ2) is 19.7. The first-order valence-corrected chi connectivity index (χ1v) is 26.2. The summed E-state index contributed by atoms with van der Waals surface area (Å²) in [7, 11) is -4.20. The predicted octanol–water partition coefficient (Wildman–Crippen LogP) is 8.64. The van der Waals surface area contributed by atoms with Gasteiger partial charge in [-0.05, 0) is 54.9 Å². The third-order valence-electron chi connectivity index (χ3n) is 13.1. The topological polar surface area (TPSA) is 72.5 Å². The number of fused-ring (bicyclic) bond motifs is 1. The van der Waals surface area contributed by atoms with Gasteiger partial charge in [0.25, 0.3) is 16.6 Å². The third-order valence-corrected chi connectivity index (χ3v) is 23.2. The smallest absolute Gasteiger partial charge is 0.261 e. The minimum atomic E-state index is -3.02. The summed E-state index contributed by atoms with van der Waals surface area (Å²) < 4.78 is 41.9. The van der Waals surface area contributed by atoms with Gasteiger partial charge in [0.1, 0.15) is 12.0 Å². The molecule has 0 N–H and O–H groups in total. The summed E-state index contributed by atoms with van der Waals surface area (Å²) in [6.45, 7) is 17.0. The van der Waals surface area contributed by atoms with Crippen LogP contribution in [0.1, 0.15) is 73.3 Å². The van der Waals surface area contributed by atoms with Gasteiger partial charge in [-0.15, -0.1) is 0 Å². The highest BCUT2D eigenvalue weighted by Crippen LogP contribution is 2.44. The number of methoxy groups -OCH3 is 1. The van der Waals surface area contributed by atoms with E-state index in [1.165, 1.54) is 20.7 Å². The number of benzene rings is 5. The van der Waals surface area contributed by atoms with Gasteiger partial charge in [-0.1, -0.05) is 182 Å². The number of hydrogen-bond donors (Lipinski definition) is 0. The highest BCUT2D eigenvalue weighted by molar-refractivity contribution is 7.00. The van der Waals surface area contributed by atoms with Crippen LogP contribution in [0, 0.1) is 5.92 Å². The van der Waals surface area contributed by atoms with E-state index in [2.05, 4.69) is 170 Å². The summed E-state index contributed by atoms with van der Waals surface area (Å²) >= 11 is 0. The van der Waals surface area contributed by atoms with E-state index in [4.69, 9.17) is 27.8 Å². The van der Waals surface area contributed by atoms with E-state index in [1.54, 1.807) is 7.11 Å². The normalized spacial score (nSPS) is 23.3. The van der Waals surface area contributed by atoms with E-state index in [0.29, 0.717) is 26.1 Å². The van der Waals surface area contributed by atoms with Gasteiger partial charge >= 0.3 is 0 Å². The summed E-state index contributed by atoms with van der Waals surface area (Å²) in [5, 5.41) is 4.50. The summed E-state index contributed by atoms with van der Waals surface area (Å²) in [4.78, 5) is 12.2. The number of rotatable bonds is 16. The van der Waals surface area contributed by atoms with Crippen LogP contribution >= 0.6 is 0 Å². The molecule has 7 rings (SSSR count). The maximum atomic E-state index is 12.2. The van der Waals surface area contributed by atoms with Gasteiger partial charge < -0.3 is 32.6 Å². The third kappa shape index (κ3) is 9.36. The Labute approximate surface area is 372 Å². The summed E-state index contributed by atoms with van der Waals surface area (Å²) in [6.07, 6.45) is 0.425. The SMILES string of the molecule is COc1ccc(COC2[C@H](CC=O)OC3CC(O[Si](c4ccccc4)(c4ccccc4)C(C)(C)C)C(CCO[Si](c4ccccc4)(c4ccccc4)C(C)(C)C)O[C@H]3[C@@H]2C)cc1. The summed E-state index contributed by atoms with van der Waals surface area (Å²) in [5.74, 6) is 0.728. The Bertz CT molecular complexity index is 2060. The van der Waals surface area contributed by atoms with Crippen LogP contribution in [0.25, 0.3) is 0 Å². The quantitative estimate of drug-likeness (QED) is 0.0727. The van der Waals surface area contributed by atoms with E-state index in [9.17, 15) is 4.79 Å². The molecular formula is C53H66O7Si2. The number of carbonyl (C=O) groups is 1. The average molecular weight is 871 g/mol. The molecule has 7 atom stereocenters. The van der Waals surface area contributed by atoms with Crippen LogP contribution in [0.5, 0.6) is 5.75 Å². The molecule has 2 fully saturated rings. The molecule has 2 heterocycles. The van der Waals surface area contributed by atoms with Crippen molar-refractivity contribution in [3.05, 3.63) is 151 Å². The molecule has 62 heavy (non-hydrogen) atoms. The van der Waals surface area contributed by atoms with Crippen molar-refractivity contribution in [3.63, 3.8) is 0 Å². The van der Waals surface area contributed by atoms with Crippen molar-refractivity contribution in [2.75, 3.05) is 13.7 Å². The van der Waals surface area contributed by atoms with Gasteiger partial charge in [0, 0.05) is 25.4 Å². The fraction of sp³-hybridized carbons (Fsp3) is 0.415. The van der Waals surface area contributed by atoms with Crippen molar-refractivity contribution in [1.29, 1.82) is 0 Å². The standard InChI is InChI=1S/C53H66O7Si2/c1-39-50(56-38-40-29-31-41(55-8)32-30-40)47(33-35-54)58-49-37-48(60-62(53(5,6)7,44-25-17-11-18-26-44)45-27-19-12-20-28-45)46(59-51(39)49)34-36-57-61(52(2,3)4,42-21-13-9-14-22-42)43-23-15-10-16-24-43/h9-32,35,39,46-51H,33-34,36-38H2,1-8H3/t39-,46?,47+,48?,49?,50?,51+/m1/s1. The lowest BCUT2D eigenvalue weighted by Crippen LogP contribution is -2.70. The molecule has 0 saturated carbocycles. The molecule has 2 saturated heterocycles. The van der Waals surface area contributed by atoms with E-state index in [0.717, 1.165) is 17.6 Å². The van der Waals surface area contributed by atoms with Crippen LogP contribution in [-0.4, -0.2) is 73.3 Å². The Morgan fingerprint density at radius 2 is 1.13 bits per heavy atom. The molecule has 4 unspecified atom stereocenters. The van der Waals surface area contributed by atoms with Crippen LogP contribution < -0.4 is 25.5 Å². The Morgan fingerprint density at radius 3 is 1.58 bits per heavy atom. The van der Waals surface area contributed by atoms with Crippen LogP contribution in [0.3, 0.4) is 0 Å². The van der Waals surface area contributed by atoms with E-state index < -0.39 is 22.7 Å². The molecular weight excluding hydrogens is 805 g/mol. The van der Waals surface area contributed by atoms with Crippen LogP contribution in [0.4, 0.5) is 0 Å². The fourth-order valence-electron chi connectivity index (χ4n) is 10.2. The average Bonchev–Trinajstić information content (AvgIpc) is 3.27. The van der Waals surface area contributed by atoms with Crippen molar-refractivity contribution in [2.45, 2.75) is 121 Å². The predicted molar refractivity (Wildman–Crippen MR) is 254 cm³/mol. The Hall–Kier alpha value is -4.20. The summed E-state index contributed by atoms with van der Waals surface area (Å²) in [5.41, 5.74) is 1.02. The first-order chi connectivity index (χ1) is 29.8. The Kier molecular flexibility index (Phi) is 14.5. The molecule has 0 spiro atoms. The highest BCUT2D eigenvalue weighted by Gasteiger charge is 2.56. The van der Waals surface area contributed by atoms with E-state index in [1.807, 2.05) is 24.3 Å². The van der Waals surface area contributed by atoms with Crippen molar-refractivity contribution >= 4 is 43.7 Å². The minimum Gasteiger partial charge on any atom is -0.497 e. The zero-order chi connectivity index (χ0) is 44.0. The van der Waals surface area contributed by atoms with Gasteiger partial charge in [0.05, 0.1) is 50.3 Å². The molecule has 0 bridgehead atoms. The first kappa shape index (κ1) is 45.8. The largest absolute Gasteiger partial charge is 0.497 e. The molecule has 0 aliphatic carbocycles. The van der Waals surface area contributed by atoms with Crippen molar-refractivity contribution < 1.29 is 32.6 Å². The second-order valence-corrected chi connectivity index (χ2v) is 27.7. The molecule has 0 aromatic heterocycles. The molecule has 9 heteroatoms. The van der Waals surface area contributed by atoms with Gasteiger partial charge in [-0.2, -0.15) is 0 Å². The van der Waals surface area contributed by atoms with Crippen molar-refractivity contribution in [3.8, 4) is 5.75 Å². The lowest BCUT2D eigenvalue weighted by Gasteiger charge is -2.53. The zero-order valence-electron chi connectivity index (χ0n) is 37.9. The molecule has 7 nitrogen and oxygen atoms in total. The van der Waals surface area contributed by atoms with Crippen LogP contribution in [0.15, 0.2) is 146 Å². The maximum absolute atomic E-state index is 12.2. The first-order valence-electron chi connectivity index (χ1n) is 22.4. The second-order valence-electron chi connectivity index (χ2n) is 19.1. The molecule has 2 aliphatic rings. The molecule has 5 aromatic rings. The highest BCUT2D eigenvalue weighted by atomic mass is 28.4. The molecule has 2 aliphatic heterocycles. The monoisotopic (exact) mass is 870 g/mol. The number of ether oxygens (including phenoxy) is 4. The molecule has 0 radical (unpaired) electrons. The Morgan fingerprint density at radius 1 is 0.645 bits per heavy atom. The van der Waals surface area contributed by atoms with Gasteiger partial charge in [-0.3, -0.25) is 0 Å². The van der Waals surface area contributed by atoms with E-state index in [-0.39, 0.29) is 52.9 Å². The maximum Gasteiger partial charge on any atom is 0.261 e. The molecule has 328 valence electrons. The van der Waals surface area contributed by atoms with Gasteiger partial charge in [-0.25, -0.2) is 0 Å². The van der Waals surface area contributed by atoms with Gasteiger partial charge in [0.2, 0.25) is 0 Å². The van der Waals surface area contributed by atoms with Crippen molar-refractivity contribution in [1.82, 2.24) is 0 Å². The summed E-state index contributed by atoms with van der Waals surface area (Å²) in [6, 6.07) is 51.1. The fourth-order valence-corrected chi connectivity index (χ4v) is 19.5. The van der Waals surface area contributed by atoms with Crippen molar-refractivity contribution in [2.24, 2.45) is 5.92 Å². The van der Waals surface area contributed by atoms with Gasteiger partial charge in [0.15, 0.2) is 0 Å². The number of aldehydes is 1. The lowest BCUT2D eigenvalue weighted by molar-refractivity contribution is -0.271.